The Kier molecular flexibility index (Phi) is 4.79. The third-order valence-corrected chi connectivity index (χ3v) is 5.51. The molecular formula is C21H24N4O2. The summed E-state index contributed by atoms with van der Waals surface area (Å²) in [6.45, 7) is 2.51. The molecule has 0 unspecified atom stereocenters. The zero-order valence-electron chi connectivity index (χ0n) is 15.3. The van der Waals surface area contributed by atoms with Crippen LogP contribution in [0.4, 0.5) is 11.5 Å². The van der Waals surface area contributed by atoms with Crippen LogP contribution < -0.4 is 4.90 Å². The van der Waals surface area contributed by atoms with Crippen LogP contribution in [0.15, 0.2) is 24.3 Å². The van der Waals surface area contributed by atoms with Crippen LogP contribution in [0.25, 0.3) is 0 Å². The van der Waals surface area contributed by atoms with Crippen molar-refractivity contribution < 1.29 is 9.59 Å². The number of fused-ring (bicyclic) bond motifs is 1. The van der Waals surface area contributed by atoms with Gasteiger partial charge in [-0.1, -0.05) is 0 Å². The zero-order valence-corrected chi connectivity index (χ0v) is 15.3. The van der Waals surface area contributed by atoms with E-state index in [0.29, 0.717) is 16.8 Å². The maximum absolute atomic E-state index is 12.9. The number of hydrogen-bond donors (Lipinski definition) is 2. The maximum atomic E-state index is 12.9. The van der Waals surface area contributed by atoms with E-state index in [-0.39, 0.29) is 5.91 Å². The molecule has 1 saturated heterocycles. The van der Waals surface area contributed by atoms with Crippen LogP contribution in [0, 0.1) is 5.41 Å². The fourth-order valence-corrected chi connectivity index (χ4v) is 4.06. The van der Waals surface area contributed by atoms with Gasteiger partial charge in [0.1, 0.15) is 11.5 Å². The van der Waals surface area contributed by atoms with Gasteiger partial charge in [-0.3, -0.25) is 9.59 Å². The van der Waals surface area contributed by atoms with Gasteiger partial charge >= 0.3 is 0 Å². The molecule has 3 heterocycles. The second kappa shape index (κ2) is 7.39. The first-order valence-electron chi connectivity index (χ1n) is 9.59. The van der Waals surface area contributed by atoms with Crippen molar-refractivity contribution in [1.82, 2.24) is 9.88 Å². The summed E-state index contributed by atoms with van der Waals surface area (Å²) >= 11 is 0. The number of rotatable bonds is 4. The molecule has 0 radical (unpaired) electrons. The number of aromatic amines is 1. The van der Waals surface area contributed by atoms with Crippen molar-refractivity contribution in [1.29, 1.82) is 5.41 Å². The second-order valence-corrected chi connectivity index (χ2v) is 7.24. The minimum Gasteiger partial charge on any atom is -0.337 e. The lowest BCUT2D eigenvalue weighted by atomic mass is 10.0. The molecule has 2 N–H and O–H groups in total. The van der Waals surface area contributed by atoms with E-state index in [2.05, 4.69) is 9.88 Å². The van der Waals surface area contributed by atoms with Crippen molar-refractivity contribution in [3.05, 3.63) is 46.6 Å². The molecule has 1 fully saturated rings. The quantitative estimate of drug-likeness (QED) is 0.643. The Balaban J connectivity index is 1.65. The molecule has 0 spiro atoms. The normalized spacial score (nSPS) is 16.7. The van der Waals surface area contributed by atoms with E-state index in [1.54, 1.807) is 6.07 Å². The van der Waals surface area contributed by atoms with Crippen LogP contribution in [0.3, 0.4) is 0 Å². The Labute approximate surface area is 158 Å². The van der Waals surface area contributed by atoms with Crippen LogP contribution in [0.5, 0.6) is 0 Å². The number of anilines is 2. The number of aromatic nitrogens is 1. The van der Waals surface area contributed by atoms with Gasteiger partial charge < -0.3 is 20.2 Å². The first kappa shape index (κ1) is 17.5. The van der Waals surface area contributed by atoms with Crippen LogP contribution in [0.2, 0.25) is 0 Å². The predicted molar refractivity (Wildman–Crippen MR) is 106 cm³/mol. The Morgan fingerprint density at radius 3 is 2.59 bits per heavy atom. The van der Waals surface area contributed by atoms with Crippen molar-refractivity contribution in [2.75, 3.05) is 24.5 Å². The summed E-state index contributed by atoms with van der Waals surface area (Å²) in [4.78, 5) is 31.4. The lowest BCUT2D eigenvalue weighted by Gasteiger charge is -2.29. The van der Waals surface area contributed by atoms with Gasteiger partial charge in [-0.15, -0.1) is 0 Å². The van der Waals surface area contributed by atoms with Crippen LogP contribution in [-0.4, -0.2) is 47.9 Å². The molecule has 1 aromatic carbocycles. The number of likely N-dealkylation sites (tertiary alicyclic amines) is 1. The van der Waals surface area contributed by atoms with Crippen molar-refractivity contribution in [2.24, 2.45) is 0 Å². The predicted octanol–water partition coefficient (Wildman–Crippen LogP) is 3.54. The number of piperidine rings is 1. The number of nitrogens with zero attached hydrogens (tertiary/aromatic N) is 2. The third-order valence-electron chi connectivity index (χ3n) is 5.51. The number of benzene rings is 1. The number of aldehydes is 1. The van der Waals surface area contributed by atoms with Gasteiger partial charge in [0, 0.05) is 42.7 Å². The monoisotopic (exact) mass is 364 g/mol. The molecule has 2 aliphatic heterocycles. The third kappa shape index (κ3) is 3.27. The first-order chi connectivity index (χ1) is 13.2. The van der Waals surface area contributed by atoms with Gasteiger partial charge in [-0.05, 0) is 61.9 Å². The number of aryl methyl sites for hydroxylation is 1. The molecule has 140 valence electrons. The molecule has 0 atom stereocenters. The van der Waals surface area contributed by atoms with Crippen LogP contribution in [0.1, 0.15) is 57.7 Å². The topological polar surface area (TPSA) is 80.3 Å². The highest BCUT2D eigenvalue weighted by Gasteiger charge is 2.26. The number of carbonyl (C=O) groups excluding carboxylic acids is 2. The largest absolute Gasteiger partial charge is 0.337 e. The lowest BCUT2D eigenvalue weighted by Crippen LogP contribution is -2.35. The zero-order chi connectivity index (χ0) is 18.8. The Morgan fingerprint density at radius 1 is 1.04 bits per heavy atom. The highest BCUT2D eigenvalue weighted by atomic mass is 16.2. The number of amides is 1. The van der Waals surface area contributed by atoms with Gasteiger partial charge in [0.15, 0.2) is 6.29 Å². The van der Waals surface area contributed by atoms with Gasteiger partial charge in [-0.25, -0.2) is 0 Å². The second-order valence-electron chi connectivity index (χ2n) is 7.24. The minimum atomic E-state index is 0.0838. The average molecular weight is 364 g/mol. The summed E-state index contributed by atoms with van der Waals surface area (Å²) < 4.78 is 0. The Hall–Kier alpha value is -2.89. The highest BCUT2D eigenvalue weighted by Crippen LogP contribution is 2.34. The molecule has 0 aliphatic carbocycles. The molecule has 6 nitrogen and oxygen atoms in total. The van der Waals surface area contributed by atoms with E-state index in [1.807, 2.05) is 23.1 Å². The van der Waals surface area contributed by atoms with E-state index in [0.717, 1.165) is 68.7 Å². The Bertz CT molecular complexity index is 880. The summed E-state index contributed by atoms with van der Waals surface area (Å²) in [5.41, 5.74) is 3.85. The molecule has 2 aromatic rings. The molecule has 6 heteroatoms. The first-order valence-corrected chi connectivity index (χ1v) is 9.59. The van der Waals surface area contributed by atoms with Crippen molar-refractivity contribution in [3.8, 4) is 0 Å². The molecule has 4 rings (SSSR count). The minimum absolute atomic E-state index is 0.0838. The number of H-pyrrole nitrogens is 1. The molecule has 1 amide bonds. The smallest absolute Gasteiger partial charge is 0.270 e. The molecule has 0 saturated carbocycles. The van der Waals surface area contributed by atoms with Gasteiger partial charge in [0.2, 0.25) is 0 Å². The van der Waals surface area contributed by atoms with E-state index in [1.165, 1.54) is 12.6 Å². The maximum Gasteiger partial charge on any atom is 0.270 e. The van der Waals surface area contributed by atoms with E-state index in [4.69, 9.17) is 5.41 Å². The fourth-order valence-electron chi connectivity index (χ4n) is 4.06. The van der Waals surface area contributed by atoms with Gasteiger partial charge in [0.05, 0.1) is 0 Å². The van der Waals surface area contributed by atoms with Crippen molar-refractivity contribution in [3.63, 3.8) is 0 Å². The van der Waals surface area contributed by atoms with Crippen molar-refractivity contribution in [2.45, 2.75) is 32.1 Å². The number of hydrogen-bond acceptors (Lipinski definition) is 4. The summed E-state index contributed by atoms with van der Waals surface area (Å²) in [5, 5.41) is 7.56. The van der Waals surface area contributed by atoms with E-state index in [9.17, 15) is 9.59 Å². The average Bonchev–Trinajstić information content (AvgIpc) is 3.17. The highest BCUT2D eigenvalue weighted by molar-refractivity contribution is 5.95. The van der Waals surface area contributed by atoms with Gasteiger partial charge in [-0.2, -0.15) is 0 Å². The SMILES string of the molecule is N=Cc1cc(N2CCCc3cc(C(=O)N4CCCCC4)[nH]c32)ccc1C=O. The molecular weight excluding hydrogens is 340 g/mol. The van der Waals surface area contributed by atoms with E-state index >= 15 is 0 Å². The summed E-state index contributed by atoms with van der Waals surface area (Å²) in [6, 6.07) is 7.51. The molecule has 27 heavy (non-hydrogen) atoms. The van der Waals surface area contributed by atoms with Crippen molar-refractivity contribution >= 4 is 29.9 Å². The van der Waals surface area contributed by atoms with E-state index < -0.39 is 0 Å². The fraction of sp³-hybridized carbons (Fsp3) is 0.381. The van der Waals surface area contributed by atoms with Gasteiger partial charge in [0.25, 0.3) is 5.91 Å². The summed E-state index contributed by atoms with van der Waals surface area (Å²) in [5.74, 6) is 1.04. The summed E-state index contributed by atoms with van der Waals surface area (Å²) in [6.07, 6.45) is 7.28. The number of nitrogens with one attached hydrogen (secondary N) is 2. The lowest BCUT2D eigenvalue weighted by molar-refractivity contribution is 0.0719. The molecule has 1 aromatic heterocycles. The standard InChI is InChI=1S/C21H24N4O2/c22-13-17-11-18(7-6-16(17)14-26)25-10-4-5-15-12-19(23-20(15)25)21(27)24-8-2-1-3-9-24/h6-7,11-14,22-23H,1-5,8-10H2. The van der Waals surface area contributed by atoms with Crippen LogP contribution >= 0.6 is 0 Å². The summed E-state index contributed by atoms with van der Waals surface area (Å²) in [7, 11) is 0. The molecule has 2 aliphatic rings. The Morgan fingerprint density at radius 2 is 1.85 bits per heavy atom. The number of carbonyl (C=O) groups is 2. The van der Waals surface area contributed by atoms with Crippen LogP contribution in [-0.2, 0) is 6.42 Å². The molecule has 0 bridgehead atoms.